The molecule has 0 radical (unpaired) electrons. The summed E-state index contributed by atoms with van der Waals surface area (Å²) in [5.41, 5.74) is -0.233. The van der Waals surface area contributed by atoms with Crippen LogP contribution in [0.2, 0.25) is 0 Å². The predicted octanol–water partition coefficient (Wildman–Crippen LogP) is 3.19. The van der Waals surface area contributed by atoms with E-state index in [1.807, 2.05) is 0 Å². The molecule has 1 N–H and O–H groups in total. The maximum absolute atomic E-state index is 9.29. The number of nitrogens with zero attached hydrogens (tertiary/aromatic N) is 1. The lowest BCUT2D eigenvalue weighted by Crippen LogP contribution is -2.41. The van der Waals surface area contributed by atoms with Crippen molar-refractivity contribution in [3.8, 4) is 6.07 Å². The molecule has 1 saturated carbocycles. The smallest absolute Gasteiger partial charge is 0.107 e. The Bertz CT molecular complexity index is 259. The zero-order valence-corrected chi connectivity index (χ0v) is 11.7. The van der Waals surface area contributed by atoms with Crippen LogP contribution in [-0.4, -0.2) is 22.6 Å². The molecule has 2 nitrogen and oxygen atoms in total. The third kappa shape index (κ3) is 3.40. The van der Waals surface area contributed by atoms with E-state index >= 15 is 0 Å². The molecule has 16 heavy (non-hydrogen) atoms. The van der Waals surface area contributed by atoms with E-state index in [1.165, 1.54) is 6.42 Å². The molecule has 0 saturated heterocycles. The summed E-state index contributed by atoms with van der Waals surface area (Å²) in [5, 5.41) is 14.0. The summed E-state index contributed by atoms with van der Waals surface area (Å²) in [6, 6.07) is 2.49. The lowest BCUT2D eigenvalue weighted by Gasteiger charge is -2.23. The Morgan fingerprint density at radius 2 is 2.19 bits per heavy atom. The topological polar surface area (TPSA) is 35.8 Å². The van der Waals surface area contributed by atoms with E-state index in [0.29, 0.717) is 10.5 Å². The Kier molecular flexibility index (Phi) is 5.14. The third-order valence-electron chi connectivity index (χ3n) is 3.54. The molecule has 0 heterocycles. The van der Waals surface area contributed by atoms with Crippen molar-refractivity contribution >= 4 is 11.8 Å². The number of hydrogen-bond acceptors (Lipinski definition) is 3. The fourth-order valence-corrected chi connectivity index (χ4v) is 3.77. The summed E-state index contributed by atoms with van der Waals surface area (Å²) in [6.07, 6.45) is 3.21. The molecule has 1 rings (SSSR count). The molecule has 0 amide bonds. The van der Waals surface area contributed by atoms with Gasteiger partial charge in [0, 0.05) is 10.5 Å². The number of thioether (sulfide) groups is 1. The zero-order chi connectivity index (χ0) is 12.2. The second-order valence-corrected chi connectivity index (χ2v) is 6.86. The molecular weight excluding hydrogens is 216 g/mol. The van der Waals surface area contributed by atoms with E-state index in [1.54, 1.807) is 0 Å². The molecule has 1 aliphatic carbocycles. The van der Waals surface area contributed by atoms with Crippen molar-refractivity contribution in [2.45, 2.75) is 63.0 Å². The average Bonchev–Trinajstić information content (AvgIpc) is 2.63. The maximum Gasteiger partial charge on any atom is 0.107 e. The summed E-state index contributed by atoms with van der Waals surface area (Å²) >= 11 is 2.07. The van der Waals surface area contributed by atoms with Crippen molar-refractivity contribution in [2.75, 3.05) is 6.54 Å². The maximum atomic E-state index is 9.29. The van der Waals surface area contributed by atoms with Gasteiger partial charge in [-0.2, -0.15) is 17.0 Å². The quantitative estimate of drug-likeness (QED) is 0.801. The van der Waals surface area contributed by atoms with E-state index in [4.69, 9.17) is 0 Å². The Hall–Kier alpha value is -0.200. The molecule has 0 aromatic carbocycles. The second-order valence-electron chi connectivity index (χ2n) is 5.17. The Morgan fingerprint density at radius 3 is 2.69 bits per heavy atom. The first-order chi connectivity index (χ1) is 7.53. The van der Waals surface area contributed by atoms with Crippen molar-refractivity contribution in [3.63, 3.8) is 0 Å². The number of nitrogens with one attached hydrogen (secondary N) is 1. The SMILES string of the molecule is CCNC1(C#N)CCC(SC(C)C(C)C)C1. The number of nitriles is 1. The Labute approximate surface area is 104 Å². The molecule has 0 spiro atoms. The molecule has 92 valence electrons. The minimum atomic E-state index is -0.233. The first kappa shape index (κ1) is 13.9. The molecule has 0 aliphatic heterocycles. The van der Waals surface area contributed by atoms with Gasteiger partial charge in [0.15, 0.2) is 0 Å². The van der Waals surface area contributed by atoms with Crippen LogP contribution in [0.25, 0.3) is 0 Å². The highest BCUT2D eigenvalue weighted by molar-refractivity contribution is 8.00. The highest BCUT2D eigenvalue weighted by Gasteiger charge is 2.39. The second kappa shape index (κ2) is 5.93. The van der Waals surface area contributed by atoms with Gasteiger partial charge < -0.3 is 0 Å². The lowest BCUT2D eigenvalue weighted by molar-refractivity contribution is 0.436. The molecule has 3 unspecified atom stereocenters. The van der Waals surface area contributed by atoms with Gasteiger partial charge >= 0.3 is 0 Å². The first-order valence-electron chi connectivity index (χ1n) is 6.34. The normalized spacial score (nSPS) is 31.6. The summed E-state index contributed by atoms with van der Waals surface area (Å²) < 4.78 is 0. The van der Waals surface area contributed by atoms with E-state index in [-0.39, 0.29) is 5.54 Å². The minimum Gasteiger partial charge on any atom is -0.300 e. The van der Waals surface area contributed by atoms with Crippen LogP contribution in [0.4, 0.5) is 0 Å². The van der Waals surface area contributed by atoms with Crippen LogP contribution in [0, 0.1) is 17.2 Å². The largest absolute Gasteiger partial charge is 0.300 e. The van der Waals surface area contributed by atoms with Crippen LogP contribution >= 0.6 is 11.8 Å². The monoisotopic (exact) mass is 240 g/mol. The van der Waals surface area contributed by atoms with E-state index in [9.17, 15) is 5.26 Å². The highest BCUT2D eigenvalue weighted by Crippen LogP contribution is 2.39. The van der Waals surface area contributed by atoms with Crippen molar-refractivity contribution in [1.82, 2.24) is 5.32 Å². The standard InChI is InChI=1S/C13H24N2S/c1-5-15-13(9-14)7-6-12(8-13)16-11(4)10(2)3/h10-12,15H,5-8H2,1-4H3. The number of rotatable bonds is 5. The molecule has 0 bridgehead atoms. The first-order valence-corrected chi connectivity index (χ1v) is 7.29. The minimum absolute atomic E-state index is 0.233. The number of hydrogen-bond donors (Lipinski definition) is 1. The van der Waals surface area contributed by atoms with E-state index in [0.717, 1.165) is 25.3 Å². The van der Waals surface area contributed by atoms with E-state index < -0.39 is 0 Å². The van der Waals surface area contributed by atoms with Crippen LogP contribution < -0.4 is 5.32 Å². The van der Waals surface area contributed by atoms with Crippen LogP contribution in [0.15, 0.2) is 0 Å². The lowest BCUT2D eigenvalue weighted by atomic mass is 10.0. The van der Waals surface area contributed by atoms with Crippen LogP contribution in [0.1, 0.15) is 47.0 Å². The zero-order valence-electron chi connectivity index (χ0n) is 10.9. The van der Waals surface area contributed by atoms with Crippen molar-refractivity contribution in [1.29, 1.82) is 5.26 Å². The van der Waals surface area contributed by atoms with Gasteiger partial charge in [-0.05, 0) is 31.7 Å². The third-order valence-corrected chi connectivity index (χ3v) is 5.31. The van der Waals surface area contributed by atoms with Crippen LogP contribution in [0.5, 0.6) is 0 Å². The fourth-order valence-electron chi connectivity index (χ4n) is 2.22. The molecule has 3 heteroatoms. The predicted molar refractivity (Wildman–Crippen MR) is 71.6 cm³/mol. The molecule has 3 atom stereocenters. The summed E-state index contributed by atoms with van der Waals surface area (Å²) in [7, 11) is 0. The van der Waals surface area contributed by atoms with Gasteiger partial charge in [-0.15, -0.1) is 0 Å². The average molecular weight is 240 g/mol. The van der Waals surface area contributed by atoms with Gasteiger partial charge in [-0.3, -0.25) is 5.32 Å². The van der Waals surface area contributed by atoms with Gasteiger partial charge in [0.2, 0.25) is 0 Å². The highest BCUT2D eigenvalue weighted by atomic mass is 32.2. The van der Waals surface area contributed by atoms with Crippen LogP contribution in [0.3, 0.4) is 0 Å². The van der Waals surface area contributed by atoms with Gasteiger partial charge in [0.1, 0.15) is 5.54 Å². The van der Waals surface area contributed by atoms with Gasteiger partial charge in [-0.25, -0.2) is 0 Å². The van der Waals surface area contributed by atoms with Gasteiger partial charge in [0.05, 0.1) is 6.07 Å². The summed E-state index contributed by atoms with van der Waals surface area (Å²) in [4.78, 5) is 0. The van der Waals surface area contributed by atoms with Crippen molar-refractivity contribution in [3.05, 3.63) is 0 Å². The summed E-state index contributed by atoms with van der Waals surface area (Å²) in [6.45, 7) is 9.82. The summed E-state index contributed by atoms with van der Waals surface area (Å²) in [5.74, 6) is 0.723. The molecular formula is C13H24N2S. The fraction of sp³-hybridized carbons (Fsp3) is 0.923. The van der Waals surface area contributed by atoms with Crippen molar-refractivity contribution < 1.29 is 0 Å². The Balaban J connectivity index is 2.48. The van der Waals surface area contributed by atoms with Crippen molar-refractivity contribution in [2.24, 2.45) is 5.92 Å². The van der Waals surface area contributed by atoms with E-state index in [2.05, 4.69) is 50.8 Å². The molecule has 1 fully saturated rings. The van der Waals surface area contributed by atoms with Gasteiger partial charge in [0.25, 0.3) is 0 Å². The van der Waals surface area contributed by atoms with Gasteiger partial charge in [-0.1, -0.05) is 27.7 Å². The Morgan fingerprint density at radius 1 is 1.50 bits per heavy atom. The molecule has 0 aromatic rings. The molecule has 1 aliphatic rings. The van der Waals surface area contributed by atoms with Crippen LogP contribution in [-0.2, 0) is 0 Å². The molecule has 0 aromatic heterocycles.